The molecule has 0 atom stereocenters. The maximum absolute atomic E-state index is 12.6. The first-order chi connectivity index (χ1) is 12.3. The Morgan fingerprint density at radius 2 is 1.77 bits per heavy atom. The molecule has 0 saturated heterocycles. The molecule has 0 aliphatic rings. The fourth-order valence-electron chi connectivity index (χ4n) is 2.02. The van der Waals surface area contributed by atoms with Crippen LogP contribution in [0.1, 0.15) is 16.7 Å². The molecule has 136 valence electrons. The molecule has 2 aromatic rings. The molecule has 2 rings (SSSR count). The van der Waals surface area contributed by atoms with Gasteiger partial charge in [0.25, 0.3) is 5.91 Å². The predicted octanol–water partition coefficient (Wildman–Crippen LogP) is 3.58. The molecule has 0 bridgehead atoms. The normalized spacial score (nSPS) is 11.3. The standard InChI is InChI=1S/C19H16F3NO3/c20-19(21,22)16-8-4-7-14(11-16)9-10-18(25)26-13-17(24)23-12-15-5-2-1-3-6-15/h1-11H,12-13H2,(H,23,24)/b10-9+. The third-order valence-corrected chi connectivity index (χ3v) is 3.30. The molecule has 26 heavy (non-hydrogen) atoms. The van der Waals surface area contributed by atoms with Crippen LogP contribution in [0.25, 0.3) is 6.08 Å². The lowest BCUT2D eigenvalue weighted by molar-refractivity contribution is -0.143. The molecule has 0 heterocycles. The predicted molar refractivity (Wildman–Crippen MR) is 89.7 cm³/mol. The lowest BCUT2D eigenvalue weighted by atomic mass is 10.1. The minimum atomic E-state index is -4.46. The molecule has 0 fully saturated rings. The van der Waals surface area contributed by atoms with Gasteiger partial charge in [0.2, 0.25) is 0 Å². The summed E-state index contributed by atoms with van der Waals surface area (Å²) in [5.41, 5.74) is 0.287. The quantitative estimate of drug-likeness (QED) is 0.631. The van der Waals surface area contributed by atoms with E-state index in [9.17, 15) is 22.8 Å². The van der Waals surface area contributed by atoms with Crippen molar-refractivity contribution in [2.24, 2.45) is 0 Å². The average Bonchev–Trinajstić information content (AvgIpc) is 2.63. The summed E-state index contributed by atoms with van der Waals surface area (Å²) in [7, 11) is 0. The molecule has 4 nitrogen and oxygen atoms in total. The Kier molecular flexibility index (Phi) is 6.54. The summed E-state index contributed by atoms with van der Waals surface area (Å²) in [6, 6.07) is 13.7. The summed E-state index contributed by atoms with van der Waals surface area (Å²) in [5.74, 6) is -1.30. The van der Waals surface area contributed by atoms with Gasteiger partial charge in [-0.25, -0.2) is 4.79 Å². The van der Waals surface area contributed by atoms with Crippen LogP contribution < -0.4 is 5.32 Å². The van der Waals surface area contributed by atoms with Crippen LogP contribution in [0.3, 0.4) is 0 Å². The van der Waals surface area contributed by atoms with Gasteiger partial charge in [0.15, 0.2) is 6.61 Å². The number of amides is 1. The van der Waals surface area contributed by atoms with Crippen molar-refractivity contribution < 1.29 is 27.5 Å². The maximum atomic E-state index is 12.6. The zero-order chi connectivity index (χ0) is 19.0. The number of rotatable bonds is 6. The Labute approximate surface area is 148 Å². The van der Waals surface area contributed by atoms with Crippen LogP contribution in [0.5, 0.6) is 0 Å². The molecular weight excluding hydrogens is 347 g/mol. The number of halogens is 3. The summed E-state index contributed by atoms with van der Waals surface area (Å²) in [6.45, 7) is -0.171. The van der Waals surface area contributed by atoms with Gasteiger partial charge in [0, 0.05) is 12.6 Å². The van der Waals surface area contributed by atoms with Gasteiger partial charge in [-0.3, -0.25) is 4.79 Å². The Hall–Kier alpha value is -3.09. The third kappa shape index (κ3) is 6.43. The van der Waals surface area contributed by atoms with E-state index in [-0.39, 0.29) is 5.56 Å². The largest absolute Gasteiger partial charge is 0.452 e. The topological polar surface area (TPSA) is 55.4 Å². The first kappa shape index (κ1) is 19.2. The van der Waals surface area contributed by atoms with E-state index < -0.39 is 30.2 Å². The Morgan fingerprint density at radius 1 is 1.04 bits per heavy atom. The number of carbonyl (C=O) groups excluding carboxylic acids is 2. The molecule has 0 spiro atoms. The average molecular weight is 363 g/mol. The van der Waals surface area contributed by atoms with E-state index in [1.165, 1.54) is 18.2 Å². The van der Waals surface area contributed by atoms with Crippen molar-refractivity contribution in [1.82, 2.24) is 5.32 Å². The van der Waals surface area contributed by atoms with Crippen molar-refractivity contribution >= 4 is 18.0 Å². The summed E-state index contributed by atoms with van der Waals surface area (Å²) in [6.07, 6.45) is -2.29. The minimum absolute atomic E-state index is 0.199. The third-order valence-electron chi connectivity index (χ3n) is 3.30. The molecule has 0 aliphatic carbocycles. The zero-order valence-corrected chi connectivity index (χ0v) is 13.6. The van der Waals surface area contributed by atoms with Gasteiger partial charge in [-0.05, 0) is 29.3 Å². The fraction of sp³-hybridized carbons (Fsp3) is 0.158. The van der Waals surface area contributed by atoms with Crippen LogP contribution in [0.15, 0.2) is 60.7 Å². The monoisotopic (exact) mass is 363 g/mol. The van der Waals surface area contributed by atoms with Crippen LogP contribution in [-0.4, -0.2) is 18.5 Å². The minimum Gasteiger partial charge on any atom is -0.452 e. The Morgan fingerprint density at radius 3 is 2.46 bits per heavy atom. The molecule has 1 amide bonds. The van der Waals surface area contributed by atoms with Crippen LogP contribution in [0, 0.1) is 0 Å². The van der Waals surface area contributed by atoms with Crippen LogP contribution in [0.2, 0.25) is 0 Å². The Balaban J connectivity index is 1.79. The lowest BCUT2D eigenvalue weighted by Gasteiger charge is -2.07. The molecular formula is C19H16F3NO3. The summed E-state index contributed by atoms with van der Waals surface area (Å²) < 4.78 is 42.6. The van der Waals surface area contributed by atoms with Crippen molar-refractivity contribution in [3.63, 3.8) is 0 Å². The van der Waals surface area contributed by atoms with Crippen molar-refractivity contribution in [1.29, 1.82) is 0 Å². The molecule has 0 aromatic heterocycles. The molecule has 2 aromatic carbocycles. The molecule has 7 heteroatoms. The van der Waals surface area contributed by atoms with Gasteiger partial charge in [0.1, 0.15) is 0 Å². The molecule has 0 radical (unpaired) electrons. The molecule has 0 unspecified atom stereocenters. The SMILES string of the molecule is O=C(COC(=O)/C=C/c1cccc(C(F)(F)F)c1)NCc1ccccc1. The van der Waals surface area contributed by atoms with Gasteiger partial charge >= 0.3 is 12.1 Å². The van der Waals surface area contributed by atoms with Crippen molar-refractivity contribution in [3.8, 4) is 0 Å². The summed E-state index contributed by atoms with van der Waals surface area (Å²) >= 11 is 0. The number of alkyl halides is 3. The van der Waals surface area contributed by atoms with Crippen molar-refractivity contribution in [2.45, 2.75) is 12.7 Å². The highest BCUT2D eigenvalue weighted by molar-refractivity contribution is 5.89. The van der Waals surface area contributed by atoms with Gasteiger partial charge < -0.3 is 10.1 Å². The van der Waals surface area contributed by atoms with Crippen molar-refractivity contribution in [3.05, 3.63) is 77.4 Å². The number of benzene rings is 2. The number of carbonyl (C=O) groups is 2. The van der Waals surface area contributed by atoms with Crippen molar-refractivity contribution in [2.75, 3.05) is 6.61 Å². The highest BCUT2D eigenvalue weighted by Gasteiger charge is 2.30. The number of nitrogens with one attached hydrogen (secondary N) is 1. The Bertz CT molecular complexity index is 786. The zero-order valence-electron chi connectivity index (χ0n) is 13.6. The number of hydrogen-bond acceptors (Lipinski definition) is 3. The molecule has 0 aliphatic heterocycles. The van der Waals surface area contributed by atoms with Gasteiger partial charge in [-0.2, -0.15) is 13.2 Å². The second-order valence-electron chi connectivity index (χ2n) is 5.33. The van der Waals surface area contributed by atoms with E-state index in [4.69, 9.17) is 4.74 Å². The van der Waals surface area contributed by atoms with E-state index in [2.05, 4.69) is 5.32 Å². The van der Waals surface area contributed by atoms with E-state index >= 15 is 0 Å². The van der Waals surface area contributed by atoms with Crippen LogP contribution in [0.4, 0.5) is 13.2 Å². The lowest BCUT2D eigenvalue weighted by Crippen LogP contribution is -2.28. The number of hydrogen-bond donors (Lipinski definition) is 1. The summed E-state index contributed by atoms with van der Waals surface area (Å²) in [4.78, 5) is 23.2. The molecule has 1 N–H and O–H groups in total. The first-order valence-corrected chi connectivity index (χ1v) is 7.67. The smallest absolute Gasteiger partial charge is 0.416 e. The first-order valence-electron chi connectivity index (χ1n) is 7.67. The van der Waals surface area contributed by atoms with E-state index in [1.54, 1.807) is 0 Å². The summed E-state index contributed by atoms with van der Waals surface area (Å²) in [5, 5.41) is 2.59. The number of ether oxygens (including phenoxy) is 1. The van der Waals surface area contributed by atoms with Crippen LogP contribution >= 0.6 is 0 Å². The van der Waals surface area contributed by atoms with E-state index in [1.807, 2.05) is 30.3 Å². The second kappa shape index (κ2) is 8.84. The highest BCUT2D eigenvalue weighted by Crippen LogP contribution is 2.29. The maximum Gasteiger partial charge on any atom is 0.416 e. The van der Waals surface area contributed by atoms with Crippen LogP contribution in [-0.2, 0) is 27.0 Å². The fourth-order valence-corrected chi connectivity index (χ4v) is 2.02. The van der Waals surface area contributed by atoms with Gasteiger partial charge in [0.05, 0.1) is 5.56 Å². The highest BCUT2D eigenvalue weighted by atomic mass is 19.4. The van der Waals surface area contributed by atoms with E-state index in [0.29, 0.717) is 6.54 Å². The molecule has 0 saturated carbocycles. The van der Waals surface area contributed by atoms with Gasteiger partial charge in [-0.15, -0.1) is 0 Å². The second-order valence-corrected chi connectivity index (χ2v) is 5.33. The van der Waals surface area contributed by atoms with Gasteiger partial charge in [-0.1, -0.05) is 42.5 Å². The number of esters is 1. The van der Waals surface area contributed by atoms with E-state index in [0.717, 1.165) is 23.8 Å².